The third kappa shape index (κ3) is 4.08. The summed E-state index contributed by atoms with van der Waals surface area (Å²) in [6.07, 6.45) is 3.98. The van der Waals surface area contributed by atoms with Crippen LogP contribution in [0.3, 0.4) is 0 Å². The van der Waals surface area contributed by atoms with Crippen molar-refractivity contribution in [2.75, 3.05) is 18.6 Å². The van der Waals surface area contributed by atoms with Gasteiger partial charge in [0.1, 0.15) is 0 Å². The van der Waals surface area contributed by atoms with Gasteiger partial charge in [-0.05, 0) is 37.8 Å². The highest BCUT2D eigenvalue weighted by atomic mass is 16.5. The largest absolute Gasteiger partial charge is 0.454 e. The van der Waals surface area contributed by atoms with Gasteiger partial charge in [0.05, 0.1) is 6.10 Å². The number of fused-ring (bicyclic) bond motifs is 1. The standard InChI is InChI=1S/C22H29NO4/c1-15(27-21(25)12-11-16-8-7-13-26-16)19(24)14-20-22(2,3)17-9-5-6-10-18(17)23(20)4/h5-6,9-10,14-16H,7-8,11-13H2,1-4H3/b20-14+. The fourth-order valence-electron chi connectivity index (χ4n) is 3.98. The van der Waals surface area contributed by atoms with Crippen molar-refractivity contribution in [3.63, 3.8) is 0 Å². The second kappa shape index (κ2) is 7.85. The fourth-order valence-corrected chi connectivity index (χ4v) is 3.98. The molecule has 2 atom stereocenters. The number of ether oxygens (including phenoxy) is 2. The molecule has 1 fully saturated rings. The Hall–Kier alpha value is -2.14. The van der Waals surface area contributed by atoms with Crippen molar-refractivity contribution in [1.29, 1.82) is 0 Å². The SMILES string of the molecule is CC(OC(=O)CCC1CCCO1)C(=O)/C=C1/N(C)c2ccccc2C1(C)C. The van der Waals surface area contributed by atoms with E-state index in [1.165, 1.54) is 5.56 Å². The number of para-hydroxylation sites is 1. The first-order chi connectivity index (χ1) is 12.8. The quantitative estimate of drug-likeness (QED) is 0.563. The monoisotopic (exact) mass is 371 g/mol. The number of benzene rings is 1. The predicted molar refractivity (Wildman–Crippen MR) is 105 cm³/mol. The lowest BCUT2D eigenvalue weighted by atomic mass is 9.83. The molecular weight excluding hydrogens is 342 g/mol. The highest BCUT2D eigenvalue weighted by Crippen LogP contribution is 2.46. The van der Waals surface area contributed by atoms with Gasteiger partial charge in [0, 0.05) is 43.0 Å². The molecule has 1 aromatic rings. The van der Waals surface area contributed by atoms with Gasteiger partial charge in [-0.25, -0.2) is 0 Å². The van der Waals surface area contributed by atoms with Crippen LogP contribution in [0.1, 0.15) is 52.0 Å². The molecule has 2 heterocycles. The molecule has 3 rings (SSSR count). The Bertz CT molecular complexity index is 746. The molecule has 5 heteroatoms. The van der Waals surface area contributed by atoms with E-state index < -0.39 is 6.10 Å². The Kier molecular flexibility index (Phi) is 5.70. The molecule has 1 aromatic carbocycles. The van der Waals surface area contributed by atoms with E-state index in [9.17, 15) is 9.59 Å². The highest BCUT2D eigenvalue weighted by Gasteiger charge is 2.39. The first-order valence-electron chi connectivity index (χ1n) is 9.71. The number of carbonyl (C=O) groups excluding carboxylic acids is 2. The van der Waals surface area contributed by atoms with Crippen LogP contribution in [0.15, 0.2) is 36.0 Å². The van der Waals surface area contributed by atoms with E-state index in [1.54, 1.807) is 13.0 Å². The molecule has 0 aromatic heterocycles. The molecule has 2 aliphatic rings. The molecule has 27 heavy (non-hydrogen) atoms. The van der Waals surface area contributed by atoms with Gasteiger partial charge in [-0.1, -0.05) is 32.0 Å². The summed E-state index contributed by atoms with van der Waals surface area (Å²) in [7, 11) is 1.96. The van der Waals surface area contributed by atoms with Gasteiger partial charge in [0.15, 0.2) is 11.9 Å². The van der Waals surface area contributed by atoms with E-state index in [0.29, 0.717) is 6.42 Å². The van der Waals surface area contributed by atoms with Crippen LogP contribution in [0.2, 0.25) is 0 Å². The number of rotatable bonds is 6. The molecule has 1 saturated heterocycles. The summed E-state index contributed by atoms with van der Waals surface area (Å²) in [5.74, 6) is -0.532. The van der Waals surface area contributed by atoms with Gasteiger partial charge in [0.25, 0.3) is 0 Å². The van der Waals surface area contributed by atoms with Gasteiger partial charge < -0.3 is 14.4 Å². The molecule has 0 N–H and O–H groups in total. The summed E-state index contributed by atoms with van der Waals surface area (Å²) in [6, 6.07) is 8.15. The van der Waals surface area contributed by atoms with Crippen LogP contribution in [0.4, 0.5) is 5.69 Å². The molecule has 2 aliphatic heterocycles. The number of allylic oxidation sites excluding steroid dienone is 1. The molecule has 0 aliphatic carbocycles. The maximum atomic E-state index is 12.7. The summed E-state index contributed by atoms with van der Waals surface area (Å²) in [5.41, 5.74) is 2.93. The molecule has 146 valence electrons. The lowest BCUT2D eigenvalue weighted by Gasteiger charge is -2.24. The van der Waals surface area contributed by atoms with Crippen molar-refractivity contribution in [3.8, 4) is 0 Å². The number of esters is 1. The molecule has 0 spiro atoms. The van der Waals surface area contributed by atoms with Crippen molar-refractivity contribution < 1.29 is 19.1 Å². The van der Waals surface area contributed by atoms with Gasteiger partial charge >= 0.3 is 5.97 Å². The van der Waals surface area contributed by atoms with Crippen LogP contribution in [0, 0.1) is 0 Å². The van der Waals surface area contributed by atoms with E-state index in [2.05, 4.69) is 26.0 Å². The second-order valence-corrected chi connectivity index (χ2v) is 7.94. The van der Waals surface area contributed by atoms with Crippen molar-refractivity contribution >= 4 is 17.4 Å². The molecule has 2 unspecified atom stereocenters. The minimum atomic E-state index is -0.789. The van der Waals surface area contributed by atoms with Crippen LogP contribution in [-0.4, -0.2) is 37.6 Å². The predicted octanol–water partition coefficient (Wildman–Crippen LogP) is 3.76. The Morgan fingerprint density at radius 2 is 2.11 bits per heavy atom. The summed E-state index contributed by atoms with van der Waals surface area (Å²) in [5, 5.41) is 0. The molecule has 0 amide bonds. The van der Waals surface area contributed by atoms with Crippen LogP contribution in [0.5, 0.6) is 0 Å². The van der Waals surface area contributed by atoms with Gasteiger partial charge in [-0.2, -0.15) is 0 Å². The van der Waals surface area contributed by atoms with Crippen LogP contribution < -0.4 is 4.90 Å². The minimum Gasteiger partial charge on any atom is -0.454 e. The highest BCUT2D eigenvalue weighted by molar-refractivity contribution is 5.96. The molecule has 0 saturated carbocycles. The molecule has 0 radical (unpaired) electrons. The van der Waals surface area contributed by atoms with Gasteiger partial charge in [-0.3, -0.25) is 9.59 Å². The number of likely N-dealkylation sites (N-methyl/N-ethyl adjacent to an activating group) is 1. The second-order valence-electron chi connectivity index (χ2n) is 7.94. The zero-order chi connectivity index (χ0) is 19.6. The third-order valence-electron chi connectivity index (χ3n) is 5.62. The van der Waals surface area contributed by atoms with E-state index in [0.717, 1.165) is 30.8 Å². The van der Waals surface area contributed by atoms with Crippen LogP contribution in [-0.2, 0) is 24.5 Å². The topological polar surface area (TPSA) is 55.8 Å². The summed E-state index contributed by atoms with van der Waals surface area (Å²) in [6.45, 7) is 6.62. The summed E-state index contributed by atoms with van der Waals surface area (Å²) >= 11 is 0. The van der Waals surface area contributed by atoms with Gasteiger partial charge in [0.2, 0.25) is 0 Å². The van der Waals surface area contributed by atoms with Gasteiger partial charge in [-0.15, -0.1) is 0 Å². The lowest BCUT2D eigenvalue weighted by molar-refractivity contribution is -0.153. The molecular formula is C22H29NO4. The number of hydrogen-bond donors (Lipinski definition) is 0. The van der Waals surface area contributed by atoms with Crippen molar-refractivity contribution in [2.24, 2.45) is 0 Å². The van der Waals surface area contributed by atoms with E-state index >= 15 is 0 Å². The fraction of sp³-hybridized carbons (Fsp3) is 0.545. The van der Waals surface area contributed by atoms with Crippen molar-refractivity contribution in [3.05, 3.63) is 41.6 Å². The Labute approximate surface area is 161 Å². The maximum absolute atomic E-state index is 12.7. The first kappa shape index (κ1) is 19.6. The smallest absolute Gasteiger partial charge is 0.306 e. The van der Waals surface area contributed by atoms with Crippen LogP contribution >= 0.6 is 0 Å². The number of nitrogens with zero attached hydrogens (tertiary/aromatic N) is 1. The maximum Gasteiger partial charge on any atom is 0.306 e. The lowest BCUT2D eigenvalue weighted by Crippen LogP contribution is -2.28. The Morgan fingerprint density at radius 3 is 2.78 bits per heavy atom. The minimum absolute atomic E-state index is 0.150. The Balaban J connectivity index is 1.62. The number of carbonyl (C=O) groups is 2. The number of anilines is 1. The number of ketones is 1. The average Bonchev–Trinajstić information content (AvgIpc) is 3.22. The van der Waals surface area contributed by atoms with Crippen molar-refractivity contribution in [1.82, 2.24) is 0 Å². The molecule has 5 nitrogen and oxygen atoms in total. The normalized spacial score (nSPS) is 23.3. The Morgan fingerprint density at radius 1 is 1.37 bits per heavy atom. The van der Waals surface area contributed by atoms with E-state index in [1.807, 2.05) is 24.1 Å². The molecule has 0 bridgehead atoms. The number of hydrogen-bond acceptors (Lipinski definition) is 5. The van der Waals surface area contributed by atoms with E-state index in [-0.39, 0.29) is 29.7 Å². The summed E-state index contributed by atoms with van der Waals surface area (Å²) < 4.78 is 10.9. The zero-order valence-electron chi connectivity index (χ0n) is 16.7. The average molecular weight is 371 g/mol. The first-order valence-corrected chi connectivity index (χ1v) is 9.71. The zero-order valence-corrected chi connectivity index (χ0v) is 16.7. The van der Waals surface area contributed by atoms with Crippen molar-refractivity contribution in [2.45, 2.75) is 64.1 Å². The summed E-state index contributed by atoms with van der Waals surface area (Å²) in [4.78, 5) is 26.8. The van der Waals surface area contributed by atoms with E-state index in [4.69, 9.17) is 9.47 Å². The van der Waals surface area contributed by atoms with Crippen LogP contribution in [0.25, 0.3) is 0 Å². The third-order valence-corrected chi connectivity index (χ3v) is 5.62.